The molecule has 1 N–H and O–H groups in total. The van der Waals surface area contributed by atoms with E-state index in [0.29, 0.717) is 42.4 Å². The summed E-state index contributed by atoms with van der Waals surface area (Å²) >= 11 is 1.54. The summed E-state index contributed by atoms with van der Waals surface area (Å²) in [5, 5.41) is 4.87. The monoisotopic (exact) mass is 411 g/mol. The summed E-state index contributed by atoms with van der Waals surface area (Å²) in [7, 11) is 0. The first-order valence-corrected chi connectivity index (χ1v) is 10.6. The van der Waals surface area contributed by atoms with Gasteiger partial charge in [-0.25, -0.2) is 4.39 Å². The van der Waals surface area contributed by atoms with Crippen LogP contribution in [0.15, 0.2) is 47.8 Å². The van der Waals surface area contributed by atoms with Gasteiger partial charge in [0.05, 0.1) is 18.9 Å². The van der Waals surface area contributed by atoms with Crippen LogP contribution in [-0.4, -0.2) is 19.1 Å². The first kappa shape index (κ1) is 19.5. The van der Waals surface area contributed by atoms with E-state index in [4.69, 9.17) is 9.47 Å². The maximum Gasteiger partial charge on any atom is 0.225 e. The van der Waals surface area contributed by atoms with E-state index in [2.05, 4.69) is 5.32 Å². The number of carbonyl (C=O) groups is 1. The normalized spacial score (nSPS) is 15.6. The van der Waals surface area contributed by atoms with Crippen LogP contribution < -0.4 is 14.8 Å². The van der Waals surface area contributed by atoms with Crippen molar-refractivity contribution in [3.63, 3.8) is 0 Å². The molecule has 29 heavy (non-hydrogen) atoms. The van der Waals surface area contributed by atoms with Gasteiger partial charge in [0.2, 0.25) is 5.91 Å². The third-order valence-corrected chi connectivity index (χ3v) is 6.02. The van der Waals surface area contributed by atoms with Gasteiger partial charge in [0.15, 0.2) is 11.5 Å². The molecule has 1 aromatic heterocycles. The quantitative estimate of drug-likeness (QED) is 0.555. The lowest BCUT2D eigenvalue weighted by Gasteiger charge is -2.25. The first-order chi connectivity index (χ1) is 14.1. The van der Waals surface area contributed by atoms with Crippen LogP contribution in [-0.2, 0) is 4.79 Å². The number of anilines is 1. The van der Waals surface area contributed by atoms with E-state index in [-0.39, 0.29) is 17.6 Å². The summed E-state index contributed by atoms with van der Waals surface area (Å²) in [6, 6.07) is 12.4. The summed E-state index contributed by atoms with van der Waals surface area (Å²) in [6.45, 7) is 4.93. The Balaban J connectivity index is 1.77. The Morgan fingerprint density at radius 2 is 1.83 bits per heavy atom. The van der Waals surface area contributed by atoms with Gasteiger partial charge < -0.3 is 14.8 Å². The molecule has 0 fully saturated rings. The number of hydrogen-bond acceptors (Lipinski definition) is 4. The molecule has 4 rings (SSSR count). The van der Waals surface area contributed by atoms with Gasteiger partial charge in [0.1, 0.15) is 5.82 Å². The van der Waals surface area contributed by atoms with E-state index in [9.17, 15) is 9.18 Å². The number of rotatable bonds is 6. The second-order valence-electron chi connectivity index (χ2n) is 6.75. The summed E-state index contributed by atoms with van der Waals surface area (Å²) in [5.41, 5.74) is 2.90. The van der Waals surface area contributed by atoms with Gasteiger partial charge in [-0.15, -0.1) is 11.3 Å². The number of carbonyl (C=O) groups excluding carboxylic acids is 1. The highest BCUT2D eigenvalue weighted by Gasteiger charge is 2.31. The number of benzene rings is 2. The fourth-order valence-corrected chi connectivity index (χ4v) is 4.81. The lowest BCUT2D eigenvalue weighted by Crippen LogP contribution is -2.22. The zero-order valence-corrected chi connectivity index (χ0v) is 17.1. The molecule has 1 amide bonds. The third kappa shape index (κ3) is 3.72. The van der Waals surface area contributed by atoms with Crippen molar-refractivity contribution >= 4 is 22.9 Å². The Kier molecular flexibility index (Phi) is 5.53. The van der Waals surface area contributed by atoms with Crippen LogP contribution in [0.2, 0.25) is 0 Å². The number of amides is 1. The highest BCUT2D eigenvalue weighted by molar-refractivity contribution is 7.11. The Bertz CT molecular complexity index is 1050. The number of halogens is 1. The molecular weight excluding hydrogens is 389 g/mol. The number of ether oxygens (including phenoxy) is 2. The molecule has 4 nitrogen and oxygen atoms in total. The fraction of sp³-hybridized carbons (Fsp3) is 0.261. The lowest BCUT2D eigenvalue weighted by molar-refractivity contribution is -0.116. The second-order valence-corrected chi connectivity index (χ2v) is 7.66. The van der Waals surface area contributed by atoms with Gasteiger partial charge in [0.25, 0.3) is 0 Å². The number of hydrogen-bond donors (Lipinski definition) is 1. The van der Waals surface area contributed by atoms with E-state index in [1.54, 1.807) is 29.5 Å². The number of thiophene rings is 1. The zero-order valence-electron chi connectivity index (χ0n) is 16.3. The van der Waals surface area contributed by atoms with E-state index in [1.807, 2.05) is 37.4 Å². The molecule has 1 atom stereocenters. The predicted octanol–water partition coefficient (Wildman–Crippen LogP) is 5.83. The van der Waals surface area contributed by atoms with Crippen LogP contribution in [0, 0.1) is 5.82 Å². The maximum absolute atomic E-state index is 14.4. The van der Waals surface area contributed by atoms with Crippen molar-refractivity contribution < 1.29 is 18.7 Å². The molecule has 2 aromatic carbocycles. The highest BCUT2D eigenvalue weighted by atomic mass is 32.1. The van der Waals surface area contributed by atoms with Crippen molar-refractivity contribution in [3.05, 3.63) is 64.1 Å². The zero-order chi connectivity index (χ0) is 20.4. The molecule has 0 unspecified atom stereocenters. The molecule has 3 aromatic rings. The average Bonchev–Trinajstić information content (AvgIpc) is 3.13. The Morgan fingerprint density at radius 1 is 1.07 bits per heavy atom. The van der Waals surface area contributed by atoms with Crippen molar-refractivity contribution in [1.82, 2.24) is 0 Å². The molecule has 2 heterocycles. The van der Waals surface area contributed by atoms with Gasteiger partial charge in [-0.1, -0.05) is 24.3 Å². The largest absolute Gasteiger partial charge is 0.490 e. The number of fused-ring (bicyclic) bond motifs is 1. The van der Waals surface area contributed by atoms with E-state index >= 15 is 0 Å². The van der Waals surface area contributed by atoms with Gasteiger partial charge in [-0.3, -0.25) is 4.79 Å². The van der Waals surface area contributed by atoms with Crippen molar-refractivity contribution in [2.45, 2.75) is 26.2 Å². The smallest absolute Gasteiger partial charge is 0.225 e. The highest BCUT2D eigenvalue weighted by Crippen LogP contribution is 2.48. The minimum Gasteiger partial charge on any atom is -0.490 e. The molecule has 0 saturated carbocycles. The number of nitrogens with one attached hydrogen (secondary N) is 1. The summed E-state index contributed by atoms with van der Waals surface area (Å²) in [6.07, 6.45) is 0.337. The summed E-state index contributed by atoms with van der Waals surface area (Å²) in [5.74, 6) is 0.871. The topological polar surface area (TPSA) is 47.6 Å². The summed E-state index contributed by atoms with van der Waals surface area (Å²) < 4.78 is 25.8. The van der Waals surface area contributed by atoms with E-state index in [1.165, 1.54) is 6.07 Å². The molecule has 1 aliphatic rings. The standard InChI is InChI=1S/C23H22FNO3S/c1-3-27-19-10-9-14(11-20(19)28-4-2)16-12-21(26)25-22-17(13-29-23(16)22)15-7-5-6-8-18(15)24/h5-11,13,16H,3-4,12H2,1-2H3,(H,25,26)/t16-/m1/s1. The average molecular weight is 411 g/mol. The van der Waals surface area contributed by atoms with Crippen LogP contribution in [0.5, 0.6) is 11.5 Å². The van der Waals surface area contributed by atoms with Crippen LogP contribution in [0.4, 0.5) is 10.1 Å². The molecule has 6 heteroatoms. The molecule has 0 bridgehead atoms. The van der Waals surface area contributed by atoms with Crippen LogP contribution in [0.25, 0.3) is 11.1 Å². The molecule has 0 radical (unpaired) electrons. The maximum atomic E-state index is 14.4. The lowest BCUT2D eigenvalue weighted by atomic mass is 9.89. The van der Waals surface area contributed by atoms with Crippen LogP contribution in [0.1, 0.15) is 36.6 Å². The molecule has 0 aliphatic carbocycles. The molecule has 1 aliphatic heterocycles. The van der Waals surface area contributed by atoms with E-state index < -0.39 is 0 Å². The fourth-order valence-electron chi connectivity index (χ4n) is 3.66. The first-order valence-electron chi connectivity index (χ1n) is 9.68. The van der Waals surface area contributed by atoms with Crippen molar-refractivity contribution in [1.29, 1.82) is 0 Å². The second kappa shape index (κ2) is 8.25. The van der Waals surface area contributed by atoms with Gasteiger partial charge >= 0.3 is 0 Å². The third-order valence-electron chi connectivity index (χ3n) is 4.92. The van der Waals surface area contributed by atoms with Crippen molar-refractivity contribution in [3.8, 4) is 22.6 Å². The van der Waals surface area contributed by atoms with Gasteiger partial charge in [-0.05, 0) is 37.6 Å². The minimum atomic E-state index is -0.302. The van der Waals surface area contributed by atoms with Gasteiger partial charge in [0, 0.05) is 33.7 Å². The Morgan fingerprint density at radius 3 is 2.59 bits per heavy atom. The van der Waals surface area contributed by atoms with E-state index in [0.717, 1.165) is 16.0 Å². The van der Waals surface area contributed by atoms with Crippen molar-refractivity contribution in [2.24, 2.45) is 0 Å². The van der Waals surface area contributed by atoms with Crippen molar-refractivity contribution in [2.75, 3.05) is 18.5 Å². The molecular formula is C23H22FNO3S. The Labute approximate surface area is 173 Å². The minimum absolute atomic E-state index is 0.0784. The molecule has 0 spiro atoms. The van der Waals surface area contributed by atoms with Crippen LogP contribution in [0.3, 0.4) is 0 Å². The summed E-state index contributed by atoms with van der Waals surface area (Å²) in [4.78, 5) is 13.5. The SMILES string of the molecule is CCOc1ccc([C@H]2CC(=O)Nc3c(-c4ccccc4F)csc32)cc1OCC. The molecule has 0 saturated heterocycles. The van der Waals surface area contributed by atoms with Crippen LogP contribution >= 0.6 is 11.3 Å². The van der Waals surface area contributed by atoms with Gasteiger partial charge in [-0.2, -0.15) is 0 Å². The Hall–Kier alpha value is -2.86. The predicted molar refractivity (Wildman–Crippen MR) is 114 cm³/mol. The molecule has 150 valence electrons.